The summed E-state index contributed by atoms with van der Waals surface area (Å²) in [4.78, 5) is 0. The van der Waals surface area contributed by atoms with Crippen molar-refractivity contribution in [2.24, 2.45) is 0 Å². The van der Waals surface area contributed by atoms with Gasteiger partial charge in [0.25, 0.3) is 0 Å². The number of methoxy groups -OCH3 is 1. The molecule has 7 heteroatoms. The molecule has 0 fully saturated rings. The number of benzene rings is 2. The molecule has 0 aromatic heterocycles. The molecule has 2 aromatic rings. The van der Waals surface area contributed by atoms with Crippen LogP contribution in [0.25, 0.3) is 0 Å². The molecule has 4 nitrogen and oxygen atoms in total. The Balaban J connectivity index is 2.11. The molecule has 2 rings (SSSR count). The van der Waals surface area contributed by atoms with E-state index in [2.05, 4.69) is 21.2 Å². The van der Waals surface area contributed by atoms with Crippen LogP contribution >= 0.6 is 39.1 Å². The second-order valence-electron chi connectivity index (χ2n) is 5.81. The van der Waals surface area contributed by atoms with Crippen LogP contribution in [-0.4, -0.2) is 24.9 Å². The summed E-state index contributed by atoms with van der Waals surface area (Å²) in [6, 6.07) is 9.37. The summed E-state index contributed by atoms with van der Waals surface area (Å²) in [6.45, 7) is 3.11. The largest absolute Gasteiger partial charge is 0.493 e. The Morgan fingerprint density at radius 1 is 1.15 bits per heavy atom. The molecule has 0 aliphatic heterocycles. The maximum absolute atomic E-state index is 9.28. The van der Waals surface area contributed by atoms with Gasteiger partial charge >= 0.3 is 0 Å². The number of ether oxygens (including phenoxy) is 2. The topological polar surface area (TPSA) is 50.7 Å². The first kappa shape index (κ1) is 21.3. The lowest BCUT2D eigenvalue weighted by molar-refractivity contribution is 0.238. The molecule has 0 unspecified atom stereocenters. The molecule has 0 aliphatic carbocycles. The number of aliphatic hydroxyl groups is 1. The molecule has 0 saturated heterocycles. The SMILES string of the molecule is CC[C@@H](CO)NCc1cc(Br)c(OCc2ccc(Cl)c(Cl)c2)c(OC)c1. The first-order chi connectivity index (χ1) is 12.5. The summed E-state index contributed by atoms with van der Waals surface area (Å²) in [6.07, 6.45) is 0.861. The zero-order valence-corrected chi connectivity index (χ0v) is 17.8. The smallest absolute Gasteiger partial charge is 0.175 e. The second kappa shape index (κ2) is 10.4. The minimum atomic E-state index is 0.0744. The minimum absolute atomic E-state index is 0.0744. The highest BCUT2D eigenvalue weighted by molar-refractivity contribution is 9.10. The van der Waals surface area contributed by atoms with Gasteiger partial charge in [-0.15, -0.1) is 0 Å². The van der Waals surface area contributed by atoms with E-state index in [-0.39, 0.29) is 12.6 Å². The van der Waals surface area contributed by atoms with Crippen LogP contribution in [0.2, 0.25) is 10.0 Å². The summed E-state index contributed by atoms with van der Waals surface area (Å²) >= 11 is 15.5. The normalized spacial score (nSPS) is 12.1. The van der Waals surface area contributed by atoms with Crippen molar-refractivity contribution in [3.05, 3.63) is 56.0 Å². The van der Waals surface area contributed by atoms with Gasteiger partial charge in [-0.1, -0.05) is 36.2 Å². The molecule has 2 N–H and O–H groups in total. The van der Waals surface area contributed by atoms with Crippen LogP contribution in [0.15, 0.2) is 34.8 Å². The van der Waals surface area contributed by atoms with E-state index in [1.807, 2.05) is 25.1 Å². The van der Waals surface area contributed by atoms with Crippen molar-refractivity contribution in [3.63, 3.8) is 0 Å². The molecular formula is C19H22BrCl2NO3. The van der Waals surface area contributed by atoms with Gasteiger partial charge in [0.1, 0.15) is 6.61 Å². The van der Waals surface area contributed by atoms with Crippen LogP contribution in [0.4, 0.5) is 0 Å². The van der Waals surface area contributed by atoms with E-state index in [0.29, 0.717) is 34.7 Å². The highest BCUT2D eigenvalue weighted by Gasteiger charge is 2.13. The van der Waals surface area contributed by atoms with Crippen LogP contribution in [0, 0.1) is 0 Å². The van der Waals surface area contributed by atoms with Gasteiger partial charge in [0.2, 0.25) is 0 Å². The lowest BCUT2D eigenvalue weighted by Gasteiger charge is -2.17. The highest BCUT2D eigenvalue weighted by atomic mass is 79.9. The Morgan fingerprint density at radius 2 is 1.92 bits per heavy atom. The number of hydrogen-bond acceptors (Lipinski definition) is 4. The van der Waals surface area contributed by atoms with E-state index in [1.54, 1.807) is 19.2 Å². The predicted molar refractivity (Wildman–Crippen MR) is 109 cm³/mol. The van der Waals surface area contributed by atoms with Gasteiger partial charge in [0.05, 0.1) is 28.2 Å². The van der Waals surface area contributed by atoms with E-state index in [0.717, 1.165) is 22.0 Å². The zero-order chi connectivity index (χ0) is 19.1. The molecule has 1 atom stereocenters. The third kappa shape index (κ3) is 5.76. The number of aliphatic hydroxyl groups excluding tert-OH is 1. The quantitative estimate of drug-likeness (QED) is 0.537. The van der Waals surface area contributed by atoms with Gasteiger partial charge < -0.3 is 19.9 Å². The molecule has 142 valence electrons. The molecule has 26 heavy (non-hydrogen) atoms. The third-order valence-electron chi connectivity index (χ3n) is 3.96. The van der Waals surface area contributed by atoms with Crippen molar-refractivity contribution in [2.45, 2.75) is 32.5 Å². The average Bonchev–Trinajstić information content (AvgIpc) is 2.64. The van der Waals surface area contributed by atoms with Crippen LogP contribution in [-0.2, 0) is 13.2 Å². The van der Waals surface area contributed by atoms with Crippen molar-refractivity contribution >= 4 is 39.1 Å². The molecule has 0 bridgehead atoms. The van der Waals surface area contributed by atoms with E-state index >= 15 is 0 Å². The Kier molecular flexibility index (Phi) is 8.51. The molecule has 0 aliphatic rings. The van der Waals surface area contributed by atoms with Crippen molar-refractivity contribution in [2.75, 3.05) is 13.7 Å². The number of rotatable bonds is 9. The maximum atomic E-state index is 9.28. The van der Waals surface area contributed by atoms with Crippen molar-refractivity contribution in [1.82, 2.24) is 5.32 Å². The summed E-state index contributed by atoms with van der Waals surface area (Å²) < 4.78 is 12.2. The maximum Gasteiger partial charge on any atom is 0.175 e. The highest BCUT2D eigenvalue weighted by Crippen LogP contribution is 2.37. The summed E-state index contributed by atoms with van der Waals surface area (Å²) in [5, 5.41) is 13.6. The molecular weight excluding hydrogens is 441 g/mol. The Morgan fingerprint density at radius 3 is 2.54 bits per heavy atom. The first-order valence-corrected chi connectivity index (χ1v) is 9.80. The van der Waals surface area contributed by atoms with Crippen molar-refractivity contribution in [1.29, 1.82) is 0 Å². The Labute approximate surface area is 172 Å². The lowest BCUT2D eigenvalue weighted by Crippen LogP contribution is -2.31. The summed E-state index contributed by atoms with van der Waals surface area (Å²) in [5.41, 5.74) is 1.94. The van der Waals surface area contributed by atoms with E-state index in [4.69, 9.17) is 32.7 Å². The van der Waals surface area contributed by atoms with E-state index in [9.17, 15) is 5.11 Å². The lowest BCUT2D eigenvalue weighted by atomic mass is 10.1. The fourth-order valence-corrected chi connectivity index (χ4v) is 3.33. The predicted octanol–water partition coefficient (Wildman–Crippen LogP) is 5.20. The minimum Gasteiger partial charge on any atom is -0.493 e. The van der Waals surface area contributed by atoms with Gasteiger partial charge in [-0.3, -0.25) is 0 Å². The molecule has 0 saturated carbocycles. The third-order valence-corrected chi connectivity index (χ3v) is 5.29. The summed E-state index contributed by atoms with van der Waals surface area (Å²) in [5.74, 6) is 1.25. The average molecular weight is 463 g/mol. The number of nitrogens with one attached hydrogen (secondary N) is 1. The standard InChI is InChI=1S/C19H22BrCl2NO3/c1-3-14(10-24)23-9-13-6-15(20)19(18(8-13)25-2)26-11-12-4-5-16(21)17(22)7-12/h4-8,14,23-24H,3,9-11H2,1-2H3/t14-/m0/s1. The van der Waals surface area contributed by atoms with Crippen LogP contribution in [0.3, 0.4) is 0 Å². The molecule has 2 aromatic carbocycles. The van der Waals surface area contributed by atoms with Crippen molar-refractivity contribution in [3.8, 4) is 11.5 Å². The Hall–Kier alpha value is -0.980. The van der Waals surface area contributed by atoms with Gasteiger partial charge in [-0.05, 0) is 57.7 Å². The molecule has 0 heterocycles. The zero-order valence-electron chi connectivity index (χ0n) is 14.7. The fraction of sp³-hybridized carbons (Fsp3) is 0.368. The van der Waals surface area contributed by atoms with Gasteiger partial charge in [0.15, 0.2) is 11.5 Å². The summed E-state index contributed by atoms with van der Waals surface area (Å²) in [7, 11) is 1.60. The van der Waals surface area contributed by atoms with E-state index < -0.39 is 0 Å². The Bertz CT molecular complexity index is 739. The molecule has 0 amide bonds. The number of halogens is 3. The second-order valence-corrected chi connectivity index (χ2v) is 7.48. The van der Waals surface area contributed by atoms with Gasteiger partial charge in [0, 0.05) is 12.6 Å². The van der Waals surface area contributed by atoms with Crippen LogP contribution in [0.5, 0.6) is 11.5 Å². The van der Waals surface area contributed by atoms with Gasteiger partial charge in [-0.25, -0.2) is 0 Å². The molecule has 0 spiro atoms. The molecule has 0 radical (unpaired) electrons. The first-order valence-electron chi connectivity index (χ1n) is 8.25. The van der Waals surface area contributed by atoms with Crippen molar-refractivity contribution < 1.29 is 14.6 Å². The van der Waals surface area contributed by atoms with Crippen LogP contribution in [0.1, 0.15) is 24.5 Å². The number of hydrogen-bond donors (Lipinski definition) is 2. The monoisotopic (exact) mass is 461 g/mol. The van der Waals surface area contributed by atoms with E-state index in [1.165, 1.54) is 0 Å². The van der Waals surface area contributed by atoms with Gasteiger partial charge in [-0.2, -0.15) is 0 Å². The van der Waals surface area contributed by atoms with Crippen LogP contribution < -0.4 is 14.8 Å². The fourth-order valence-electron chi connectivity index (χ4n) is 2.40.